The van der Waals surface area contributed by atoms with Crippen molar-refractivity contribution in [1.29, 1.82) is 0 Å². The van der Waals surface area contributed by atoms with E-state index in [-0.39, 0.29) is 16.9 Å². The normalized spacial score (nSPS) is 12.9. The molecule has 9 heteroatoms. The monoisotopic (exact) mass is 316 g/mol. The van der Waals surface area contributed by atoms with Gasteiger partial charge >= 0.3 is 5.97 Å². The lowest BCUT2D eigenvalue weighted by atomic mass is 10.1. The van der Waals surface area contributed by atoms with Crippen LogP contribution in [0.5, 0.6) is 0 Å². The average molecular weight is 316 g/mol. The number of aromatic nitrogens is 1. The van der Waals surface area contributed by atoms with E-state index in [1.165, 1.54) is 27.0 Å². The van der Waals surface area contributed by atoms with Crippen molar-refractivity contribution in [3.8, 4) is 0 Å². The topological polar surface area (TPSA) is 127 Å². The van der Waals surface area contributed by atoms with Gasteiger partial charge in [-0.3, -0.25) is 19.9 Å². The number of sulfone groups is 1. The first kappa shape index (κ1) is 17.0. The standard InChI is InChI=1S/C12H16N2O6S/c1-7-5-13-10(9(3)12(7)14(17)18)6-21(19,20)8(2)4-11(15)16/h5,8H,4,6H2,1-3H3,(H,15,16). The summed E-state index contributed by atoms with van der Waals surface area (Å²) in [6.07, 6.45) is 0.729. The van der Waals surface area contributed by atoms with E-state index < -0.39 is 38.2 Å². The maximum atomic E-state index is 12.1. The van der Waals surface area contributed by atoms with Crippen molar-refractivity contribution in [2.75, 3.05) is 0 Å². The number of pyridine rings is 1. The first-order valence-corrected chi connectivity index (χ1v) is 7.80. The number of aryl methyl sites for hydroxylation is 1. The van der Waals surface area contributed by atoms with Crippen molar-refractivity contribution in [2.24, 2.45) is 0 Å². The predicted octanol–water partition coefficient (Wildman–Crippen LogP) is 1.38. The molecule has 1 heterocycles. The molecule has 0 aliphatic heterocycles. The first-order chi connectivity index (χ1) is 9.56. The Morgan fingerprint density at radius 3 is 2.52 bits per heavy atom. The molecule has 0 radical (unpaired) electrons. The van der Waals surface area contributed by atoms with E-state index in [1.807, 2.05) is 0 Å². The van der Waals surface area contributed by atoms with E-state index in [0.717, 1.165) is 0 Å². The van der Waals surface area contributed by atoms with E-state index in [1.54, 1.807) is 0 Å². The summed E-state index contributed by atoms with van der Waals surface area (Å²) >= 11 is 0. The molecular weight excluding hydrogens is 300 g/mol. The van der Waals surface area contributed by atoms with Gasteiger partial charge in [-0.2, -0.15) is 0 Å². The quantitative estimate of drug-likeness (QED) is 0.620. The zero-order chi connectivity index (χ0) is 16.4. The maximum absolute atomic E-state index is 12.1. The number of nitrogens with zero attached hydrogens (tertiary/aromatic N) is 2. The minimum absolute atomic E-state index is 0.0736. The van der Waals surface area contributed by atoms with Crippen molar-refractivity contribution in [3.05, 3.63) is 33.1 Å². The van der Waals surface area contributed by atoms with Gasteiger partial charge in [0.05, 0.1) is 28.0 Å². The van der Waals surface area contributed by atoms with Crippen LogP contribution in [-0.4, -0.2) is 34.7 Å². The van der Waals surface area contributed by atoms with Crippen LogP contribution in [-0.2, 0) is 20.4 Å². The summed E-state index contributed by atoms with van der Waals surface area (Å²) in [5.74, 6) is -1.74. The van der Waals surface area contributed by atoms with Crippen molar-refractivity contribution in [2.45, 2.75) is 38.2 Å². The molecule has 0 aromatic carbocycles. The predicted molar refractivity (Wildman–Crippen MR) is 74.7 cm³/mol. The third-order valence-corrected chi connectivity index (χ3v) is 5.24. The molecule has 1 unspecified atom stereocenters. The van der Waals surface area contributed by atoms with Gasteiger partial charge < -0.3 is 5.11 Å². The van der Waals surface area contributed by atoms with Crippen LogP contribution in [0.2, 0.25) is 0 Å². The smallest absolute Gasteiger partial charge is 0.304 e. The summed E-state index contributed by atoms with van der Waals surface area (Å²) in [5, 5.41) is 18.6. The minimum Gasteiger partial charge on any atom is -0.481 e. The Hall–Kier alpha value is -2.03. The molecule has 116 valence electrons. The highest BCUT2D eigenvalue weighted by molar-refractivity contribution is 7.91. The second-order valence-corrected chi connectivity index (χ2v) is 7.25. The van der Waals surface area contributed by atoms with E-state index in [9.17, 15) is 23.3 Å². The molecule has 0 aliphatic rings. The lowest BCUT2D eigenvalue weighted by Gasteiger charge is -2.12. The Balaban J connectivity index is 3.17. The average Bonchev–Trinajstić information content (AvgIpc) is 2.31. The van der Waals surface area contributed by atoms with Crippen LogP contribution in [0.25, 0.3) is 0 Å². The summed E-state index contributed by atoms with van der Waals surface area (Å²) in [6.45, 7) is 4.25. The molecule has 21 heavy (non-hydrogen) atoms. The van der Waals surface area contributed by atoms with E-state index in [0.29, 0.717) is 5.56 Å². The van der Waals surface area contributed by atoms with Crippen LogP contribution >= 0.6 is 0 Å². The van der Waals surface area contributed by atoms with Gasteiger partial charge in [0.1, 0.15) is 0 Å². The van der Waals surface area contributed by atoms with Gasteiger partial charge in [0.25, 0.3) is 5.69 Å². The fourth-order valence-electron chi connectivity index (χ4n) is 1.90. The Labute approximate surface area is 121 Å². The fourth-order valence-corrected chi connectivity index (χ4v) is 3.25. The van der Waals surface area contributed by atoms with E-state index in [2.05, 4.69) is 4.98 Å². The summed E-state index contributed by atoms with van der Waals surface area (Å²) in [7, 11) is -3.75. The molecule has 1 atom stereocenters. The van der Waals surface area contributed by atoms with Gasteiger partial charge in [-0.25, -0.2) is 8.42 Å². The molecule has 1 aromatic rings. The number of carboxylic acid groups (broad SMARTS) is 1. The number of aliphatic carboxylic acids is 1. The molecule has 0 bridgehead atoms. The zero-order valence-corrected chi connectivity index (χ0v) is 12.7. The minimum atomic E-state index is -3.75. The number of nitro groups is 1. The highest BCUT2D eigenvalue weighted by atomic mass is 32.2. The number of carbonyl (C=O) groups is 1. The summed E-state index contributed by atoms with van der Waals surface area (Å²) in [4.78, 5) is 24.9. The largest absolute Gasteiger partial charge is 0.481 e. The molecule has 8 nitrogen and oxygen atoms in total. The molecule has 0 saturated heterocycles. The van der Waals surface area contributed by atoms with Gasteiger partial charge in [-0.05, 0) is 20.8 Å². The van der Waals surface area contributed by atoms with Crippen LogP contribution in [0.4, 0.5) is 5.69 Å². The second-order valence-electron chi connectivity index (χ2n) is 4.83. The van der Waals surface area contributed by atoms with Crippen molar-refractivity contribution < 1.29 is 23.2 Å². The molecule has 1 N–H and O–H groups in total. The van der Waals surface area contributed by atoms with Crippen LogP contribution in [0.1, 0.15) is 30.2 Å². The van der Waals surface area contributed by atoms with Crippen LogP contribution in [0.3, 0.4) is 0 Å². The SMILES string of the molecule is Cc1cnc(CS(=O)(=O)C(C)CC(=O)O)c(C)c1[N+](=O)[O-]. The molecule has 0 fully saturated rings. The number of rotatable bonds is 6. The fraction of sp³-hybridized carbons (Fsp3) is 0.500. The Morgan fingerprint density at radius 1 is 1.48 bits per heavy atom. The van der Waals surface area contributed by atoms with E-state index >= 15 is 0 Å². The number of carboxylic acids is 1. The molecule has 0 spiro atoms. The van der Waals surface area contributed by atoms with Gasteiger partial charge in [0.2, 0.25) is 0 Å². The van der Waals surface area contributed by atoms with Crippen molar-refractivity contribution in [3.63, 3.8) is 0 Å². The third-order valence-electron chi connectivity index (χ3n) is 3.17. The van der Waals surface area contributed by atoms with Gasteiger partial charge in [-0.1, -0.05) is 0 Å². The maximum Gasteiger partial charge on any atom is 0.304 e. The molecule has 1 aromatic heterocycles. The summed E-state index contributed by atoms with van der Waals surface area (Å²) in [5.41, 5.74) is 0.439. The first-order valence-electron chi connectivity index (χ1n) is 6.09. The van der Waals surface area contributed by atoms with Gasteiger partial charge in [0.15, 0.2) is 9.84 Å². The second kappa shape index (κ2) is 6.17. The molecule has 0 amide bonds. The number of hydrogen-bond donors (Lipinski definition) is 1. The van der Waals surface area contributed by atoms with Crippen molar-refractivity contribution in [1.82, 2.24) is 4.98 Å². The van der Waals surface area contributed by atoms with Gasteiger partial charge in [-0.15, -0.1) is 0 Å². The molecule has 1 rings (SSSR count). The Bertz CT molecular complexity index is 683. The van der Waals surface area contributed by atoms with E-state index in [4.69, 9.17) is 5.11 Å². The lowest BCUT2D eigenvalue weighted by molar-refractivity contribution is -0.386. The van der Waals surface area contributed by atoms with Crippen LogP contribution < -0.4 is 0 Å². The molecular formula is C12H16N2O6S. The van der Waals surface area contributed by atoms with Crippen LogP contribution in [0.15, 0.2) is 6.20 Å². The van der Waals surface area contributed by atoms with Crippen molar-refractivity contribution >= 4 is 21.5 Å². The highest BCUT2D eigenvalue weighted by Gasteiger charge is 2.27. The Morgan fingerprint density at radius 2 is 2.05 bits per heavy atom. The van der Waals surface area contributed by atoms with Gasteiger partial charge in [0, 0.05) is 17.3 Å². The molecule has 0 saturated carbocycles. The highest BCUT2D eigenvalue weighted by Crippen LogP contribution is 2.26. The lowest BCUT2D eigenvalue weighted by Crippen LogP contribution is -2.23. The zero-order valence-electron chi connectivity index (χ0n) is 11.9. The summed E-state index contributed by atoms with van der Waals surface area (Å²) in [6, 6.07) is 0. The summed E-state index contributed by atoms with van der Waals surface area (Å²) < 4.78 is 24.2. The van der Waals surface area contributed by atoms with Crippen LogP contribution in [0, 0.1) is 24.0 Å². The third kappa shape index (κ3) is 3.97. The Kier molecular flexibility index (Phi) is 5.00. The number of hydrogen-bond acceptors (Lipinski definition) is 6. The molecule has 0 aliphatic carbocycles.